The zero-order chi connectivity index (χ0) is 8.69. The van der Waals surface area contributed by atoms with Gasteiger partial charge in [-0.15, -0.1) is 0 Å². The van der Waals surface area contributed by atoms with E-state index in [9.17, 15) is 0 Å². The number of hydrogen-bond acceptors (Lipinski definition) is 3. The third-order valence-corrected chi connectivity index (χ3v) is 4.44. The van der Waals surface area contributed by atoms with E-state index in [0.717, 1.165) is 11.7 Å². The van der Waals surface area contributed by atoms with E-state index in [1.54, 1.807) is 11.8 Å². The van der Waals surface area contributed by atoms with Gasteiger partial charge in [-0.1, -0.05) is 0 Å². The first-order valence-corrected chi connectivity index (χ1v) is 6.64. The molecule has 0 saturated carbocycles. The van der Waals surface area contributed by atoms with Crippen LogP contribution in [-0.4, -0.2) is 62.4 Å². The summed E-state index contributed by atoms with van der Waals surface area (Å²) in [7, 11) is 0. The molecular formula is C7H15NaO2S. The second kappa shape index (κ2) is 7.90. The first-order chi connectivity index (χ1) is 5.20. The molecule has 2 nitrogen and oxygen atoms in total. The molecule has 0 aromatic rings. The predicted octanol–water partition coefficient (Wildman–Crippen LogP) is 0.296. The molecule has 2 N–H and O–H groups in total. The first-order valence-electron chi connectivity index (χ1n) is 4.07. The van der Waals surface area contributed by atoms with E-state index in [0.29, 0.717) is 5.75 Å². The Morgan fingerprint density at radius 1 is 1.45 bits per heavy atom. The fourth-order valence-electron chi connectivity index (χ4n) is 0.576. The van der Waals surface area contributed by atoms with Crippen molar-refractivity contribution in [2.45, 2.75) is 16.7 Å². The number of thioether (sulfide) groups is 1. The maximum atomic E-state index is 8.98. The van der Waals surface area contributed by atoms with Crippen molar-refractivity contribution >= 4 is 39.7 Å². The topological polar surface area (TPSA) is 40.5 Å². The summed E-state index contributed by atoms with van der Waals surface area (Å²) in [5.41, 5.74) is 0. The van der Waals surface area contributed by atoms with Gasteiger partial charge >= 0.3 is 90.6 Å². The summed E-state index contributed by atoms with van der Waals surface area (Å²) < 4.78 is 1.32. The average Bonchev–Trinajstić information content (AvgIpc) is 2.04. The average molecular weight is 186 g/mol. The van der Waals surface area contributed by atoms with Gasteiger partial charge in [0.2, 0.25) is 0 Å². The molecule has 0 aliphatic rings. The third-order valence-electron chi connectivity index (χ3n) is 1.62. The van der Waals surface area contributed by atoms with Gasteiger partial charge in [0.1, 0.15) is 0 Å². The molecule has 0 aromatic heterocycles. The van der Waals surface area contributed by atoms with Gasteiger partial charge in [0, 0.05) is 0 Å². The fraction of sp³-hybridized carbons (Fsp3) is 1.00. The van der Waals surface area contributed by atoms with E-state index in [-0.39, 0.29) is 6.61 Å². The van der Waals surface area contributed by atoms with Gasteiger partial charge < -0.3 is 0 Å². The number of hydrogen-bond donors (Lipinski definition) is 2. The molecular weight excluding hydrogens is 171 g/mol. The van der Waals surface area contributed by atoms with Gasteiger partial charge in [-0.05, 0) is 0 Å². The molecule has 2 unspecified atom stereocenters. The van der Waals surface area contributed by atoms with E-state index in [1.807, 2.05) is 0 Å². The van der Waals surface area contributed by atoms with Crippen LogP contribution in [0.2, 0.25) is 3.67 Å². The quantitative estimate of drug-likeness (QED) is 0.586. The van der Waals surface area contributed by atoms with Gasteiger partial charge in [-0.2, -0.15) is 0 Å². The van der Waals surface area contributed by atoms with E-state index >= 15 is 0 Å². The molecule has 0 aliphatic heterocycles. The zero-order valence-electron chi connectivity index (χ0n) is 7.29. The molecule has 0 rings (SSSR count). The second-order valence-electron chi connectivity index (χ2n) is 2.89. The van der Waals surface area contributed by atoms with Crippen molar-refractivity contribution in [3.8, 4) is 0 Å². The minimum absolute atomic E-state index is 0.109. The minimum atomic E-state index is -0.527. The van der Waals surface area contributed by atoms with Crippen molar-refractivity contribution in [3.05, 3.63) is 0 Å². The summed E-state index contributed by atoms with van der Waals surface area (Å²) >= 11 is 2.99. The molecule has 0 radical (unpaired) electrons. The van der Waals surface area contributed by atoms with Gasteiger partial charge in [0.25, 0.3) is 0 Å². The molecule has 0 heterocycles. The van der Waals surface area contributed by atoms with E-state index in [1.165, 1.54) is 31.6 Å². The van der Waals surface area contributed by atoms with Crippen molar-refractivity contribution in [1.82, 2.24) is 0 Å². The van der Waals surface area contributed by atoms with Crippen LogP contribution in [0.3, 0.4) is 0 Å². The molecule has 0 aromatic carbocycles. The molecule has 62 valence electrons. The van der Waals surface area contributed by atoms with Crippen LogP contribution in [0.25, 0.3) is 0 Å². The summed E-state index contributed by atoms with van der Waals surface area (Å²) in [6.07, 6.45) is -0.527. The Bertz CT molecular complexity index is 82.5. The van der Waals surface area contributed by atoms with Crippen LogP contribution in [0.5, 0.6) is 0 Å². The van der Waals surface area contributed by atoms with Crippen LogP contribution >= 0.6 is 11.8 Å². The summed E-state index contributed by atoms with van der Waals surface area (Å²) in [6, 6.07) is 0. The molecule has 0 aliphatic carbocycles. The zero-order valence-corrected chi connectivity index (χ0v) is 10.1. The van der Waals surface area contributed by atoms with Crippen molar-refractivity contribution in [2.75, 3.05) is 18.1 Å². The van der Waals surface area contributed by atoms with E-state index in [4.69, 9.17) is 10.2 Å². The van der Waals surface area contributed by atoms with Crippen molar-refractivity contribution in [3.63, 3.8) is 0 Å². The second-order valence-corrected chi connectivity index (χ2v) is 4.78. The predicted molar refractivity (Wildman–Crippen MR) is 50.1 cm³/mol. The van der Waals surface area contributed by atoms with Crippen LogP contribution < -0.4 is 0 Å². The molecule has 0 saturated heterocycles. The molecule has 2 atom stereocenters. The van der Waals surface area contributed by atoms with E-state index in [2.05, 4.69) is 6.92 Å². The summed E-state index contributed by atoms with van der Waals surface area (Å²) in [5.74, 6) is 2.56. The number of rotatable bonds is 6. The number of aliphatic hydroxyl groups excluding tert-OH is 2. The SMILES string of the molecule is CC([CH2][Na])CSCC(O)CO. The normalized spacial score (nSPS) is 16.5. The van der Waals surface area contributed by atoms with Gasteiger partial charge in [0.05, 0.1) is 0 Å². The van der Waals surface area contributed by atoms with Crippen LogP contribution in [0.15, 0.2) is 0 Å². The van der Waals surface area contributed by atoms with Gasteiger partial charge in [-0.3, -0.25) is 0 Å². The molecule has 0 bridgehead atoms. The molecule has 0 spiro atoms. The molecule has 0 amide bonds. The Morgan fingerprint density at radius 2 is 2.09 bits per heavy atom. The van der Waals surface area contributed by atoms with Crippen molar-refractivity contribution in [1.29, 1.82) is 0 Å². The monoisotopic (exact) mass is 186 g/mol. The molecule has 11 heavy (non-hydrogen) atoms. The summed E-state index contributed by atoms with van der Waals surface area (Å²) in [4.78, 5) is 0. The van der Waals surface area contributed by atoms with Gasteiger partial charge in [0.15, 0.2) is 0 Å². The number of aliphatic hydroxyl groups is 2. The Morgan fingerprint density at radius 3 is 2.55 bits per heavy atom. The van der Waals surface area contributed by atoms with Crippen LogP contribution in [0.1, 0.15) is 6.92 Å². The van der Waals surface area contributed by atoms with Crippen molar-refractivity contribution < 1.29 is 10.2 Å². The Hall–Kier alpha value is 1.27. The van der Waals surface area contributed by atoms with E-state index < -0.39 is 6.10 Å². The standard InChI is InChI=1S/C7H15O2S.Na/c1-6(2)4-10-5-7(9)3-8;/h6-9H,1,3-5H2,2H3;. The van der Waals surface area contributed by atoms with Crippen LogP contribution in [0, 0.1) is 5.92 Å². The fourth-order valence-corrected chi connectivity index (χ4v) is 2.43. The third kappa shape index (κ3) is 7.62. The Kier molecular flexibility index (Phi) is 8.81. The van der Waals surface area contributed by atoms with Crippen molar-refractivity contribution in [2.24, 2.45) is 5.92 Å². The first kappa shape index (κ1) is 12.3. The Labute approximate surface area is 90.2 Å². The summed E-state index contributed by atoms with van der Waals surface area (Å²) in [6.45, 7) is 2.12. The summed E-state index contributed by atoms with van der Waals surface area (Å²) in [5, 5.41) is 17.5. The van der Waals surface area contributed by atoms with Crippen LogP contribution in [0.4, 0.5) is 0 Å². The molecule has 0 fully saturated rings. The maximum absolute atomic E-state index is 8.98. The van der Waals surface area contributed by atoms with Gasteiger partial charge in [-0.25, -0.2) is 0 Å². The Balaban J connectivity index is 3.13. The molecule has 4 heteroatoms. The van der Waals surface area contributed by atoms with Crippen LogP contribution in [-0.2, 0) is 0 Å².